The Hall–Kier alpha value is -0.420. The van der Waals surface area contributed by atoms with Gasteiger partial charge in [-0.3, -0.25) is 4.79 Å². The highest BCUT2D eigenvalue weighted by Gasteiger charge is 2.18. The van der Waals surface area contributed by atoms with Crippen molar-refractivity contribution in [3.05, 3.63) is 59.1 Å². The summed E-state index contributed by atoms with van der Waals surface area (Å²) >= 11 is 12.4. The van der Waals surface area contributed by atoms with Crippen LogP contribution in [0, 0.1) is 0 Å². The topological polar surface area (TPSA) is 17.1 Å². The number of benzene rings is 2. The summed E-state index contributed by atoms with van der Waals surface area (Å²) in [5.41, 5.74) is 0.714. The third-order valence-corrected chi connectivity index (χ3v) is 5.57. The number of hydrogen-bond donors (Lipinski definition) is 0. The summed E-state index contributed by atoms with van der Waals surface area (Å²) in [7, 11) is 0. The average molecular weight is 388 g/mol. The zero-order valence-electron chi connectivity index (χ0n) is 10.7. The second-order valence-electron chi connectivity index (χ2n) is 3.98. The molecule has 20 heavy (non-hydrogen) atoms. The molecule has 1 atom stereocenters. The number of rotatable bonds is 5. The van der Waals surface area contributed by atoms with Crippen LogP contribution in [0.4, 0.5) is 0 Å². The van der Waals surface area contributed by atoms with Crippen LogP contribution in [0.15, 0.2) is 58.3 Å². The lowest BCUT2D eigenvalue weighted by molar-refractivity contribution is 0.101. The van der Waals surface area contributed by atoms with Crippen LogP contribution in [0.2, 0.25) is 5.02 Å². The Kier molecular flexibility index (Phi) is 6.02. The molecule has 1 nitrogen and oxygen atoms in total. The molecule has 2 aromatic carbocycles. The Morgan fingerprint density at radius 2 is 1.60 bits per heavy atom. The van der Waals surface area contributed by atoms with Gasteiger partial charge in [0.15, 0.2) is 5.78 Å². The van der Waals surface area contributed by atoms with Crippen molar-refractivity contribution in [1.82, 2.24) is 0 Å². The number of hydrogen-bond acceptors (Lipinski definition) is 3. The first-order chi connectivity index (χ1) is 9.60. The van der Waals surface area contributed by atoms with Crippen LogP contribution in [0.3, 0.4) is 0 Å². The molecule has 0 aliphatic rings. The molecule has 2 aromatic rings. The van der Waals surface area contributed by atoms with Crippen LogP contribution in [0.25, 0.3) is 0 Å². The van der Waals surface area contributed by atoms with Gasteiger partial charge in [-0.15, -0.1) is 23.5 Å². The predicted molar refractivity (Wildman–Crippen MR) is 92.6 cm³/mol. The Bertz CT molecular complexity index is 584. The Balaban J connectivity index is 2.05. The molecule has 0 N–H and O–H groups in total. The van der Waals surface area contributed by atoms with Crippen molar-refractivity contribution < 1.29 is 4.79 Å². The Morgan fingerprint density at radius 1 is 1.05 bits per heavy atom. The van der Waals surface area contributed by atoms with Crippen LogP contribution in [-0.2, 0) is 0 Å². The first-order valence-corrected chi connectivity index (χ1v) is 9.24. The summed E-state index contributed by atoms with van der Waals surface area (Å²) in [5.74, 6) is 0.0672. The number of ketones is 1. The fourth-order valence-corrected chi connectivity index (χ4v) is 3.79. The van der Waals surface area contributed by atoms with E-state index in [1.807, 2.05) is 54.8 Å². The minimum absolute atomic E-state index is 0.0672. The zero-order valence-corrected chi connectivity index (χ0v) is 14.7. The molecule has 104 valence electrons. The third-order valence-electron chi connectivity index (χ3n) is 2.63. The number of halogens is 2. The molecule has 0 aliphatic heterocycles. The van der Waals surface area contributed by atoms with Crippen molar-refractivity contribution in [2.75, 3.05) is 6.26 Å². The zero-order chi connectivity index (χ0) is 14.5. The van der Waals surface area contributed by atoms with Crippen LogP contribution in [0.5, 0.6) is 0 Å². The first kappa shape index (κ1) is 16.0. The molecule has 0 amide bonds. The summed E-state index contributed by atoms with van der Waals surface area (Å²) < 4.78 is -0.302. The lowest BCUT2D eigenvalue weighted by atomic mass is 10.1. The number of carbonyl (C=O) groups is 1. The van der Waals surface area contributed by atoms with Crippen molar-refractivity contribution >= 4 is 56.8 Å². The quantitative estimate of drug-likeness (QED) is 0.369. The molecule has 0 spiro atoms. The molecule has 5 heteroatoms. The van der Waals surface area contributed by atoms with E-state index < -0.39 is 0 Å². The van der Waals surface area contributed by atoms with Crippen LogP contribution < -0.4 is 0 Å². The minimum Gasteiger partial charge on any atom is -0.292 e. The molecule has 0 bridgehead atoms. The van der Waals surface area contributed by atoms with Gasteiger partial charge in [-0.05, 0) is 42.7 Å². The summed E-state index contributed by atoms with van der Waals surface area (Å²) in [6.07, 6.45) is 2.01. The fraction of sp³-hybridized carbons (Fsp3) is 0.133. The van der Waals surface area contributed by atoms with Gasteiger partial charge in [0.1, 0.15) is 4.16 Å². The van der Waals surface area contributed by atoms with E-state index in [2.05, 4.69) is 15.9 Å². The van der Waals surface area contributed by atoms with Gasteiger partial charge in [0.25, 0.3) is 0 Å². The predicted octanol–water partition coefficient (Wildman–Crippen LogP) is 5.76. The van der Waals surface area contributed by atoms with E-state index in [9.17, 15) is 4.79 Å². The van der Waals surface area contributed by atoms with Crippen molar-refractivity contribution in [2.45, 2.75) is 14.0 Å². The molecule has 0 heterocycles. The Labute approximate surface area is 140 Å². The molecule has 0 fully saturated rings. The summed E-state index contributed by atoms with van der Waals surface area (Å²) in [6.45, 7) is 0. The average Bonchev–Trinajstić information content (AvgIpc) is 2.49. The number of alkyl halides is 1. The number of carbonyl (C=O) groups excluding carboxylic acids is 1. The summed E-state index contributed by atoms with van der Waals surface area (Å²) in [6, 6.07) is 15.1. The van der Waals surface area contributed by atoms with Crippen LogP contribution in [-0.4, -0.2) is 16.2 Å². The van der Waals surface area contributed by atoms with E-state index in [-0.39, 0.29) is 9.94 Å². The number of Topliss-reactive ketones (excluding diaryl/α,β-unsaturated/α-hetero) is 1. The molecule has 0 aliphatic carbocycles. The molecule has 2 rings (SSSR count). The third kappa shape index (κ3) is 4.29. The molecule has 0 aromatic heterocycles. The van der Waals surface area contributed by atoms with Gasteiger partial charge in [-0.25, -0.2) is 0 Å². The van der Waals surface area contributed by atoms with E-state index in [0.29, 0.717) is 10.6 Å². The van der Waals surface area contributed by atoms with Crippen molar-refractivity contribution in [1.29, 1.82) is 0 Å². The molecular formula is C15H12BrClOS2. The number of thioether (sulfide) groups is 2. The smallest absolute Gasteiger partial charge is 0.186 e. The maximum atomic E-state index is 12.3. The monoisotopic (exact) mass is 386 g/mol. The second kappa shape index (κ2) is 7.55. The van der Waals surface area contributed by atoms with Gasteiger partial charge in [0.05, 0.1) is 0 Å². The van der Waals surface area contributed by atoms with E-state index in [1.54, 1.807) is 11.8 Å². The molecule has 0 saturated carbocycles. The van der Waals surface area contributed by atoms with Gasteiger partial charge in [-0.2, -0.15) is 0 Å². The van der Waals surface area contributed by atoms with Gasteiger partial charge in [0.2, 0.25) is 0 Å². The second-order valence-corrected chi connectivity index (χ2v) is 8.00. The summed E-state index contributed by atoms with van der Waals surface area (Å²) in [5, 5.41) is 0.694. The van der Waals surface area contributed by atoms with Gasteiger partial charge < -0.3 is 0 Å². The standard InChI is InChI=1S/C15H12BrClOS2/c1-19-12-6-2-10(3-7-12)14(18)15(16)20-13-8-4-11(17)5-9-13/h2-9,15H,1H3. The van der Waals surface area contributed by atoms with Crippen LogP contribution >= 0.6 is 51.1 Å². The van der Waals surface area contributed by atoms with Gasteiger partial charge in [0, 0.05) is 20.4 Å². The highest BCUT2D eigenvalue weighted by molar-refractivity contribution is 9.11. The lowest BCUT2D eigenvalue weighted by Crippen LogP contribution is -2.10. The van der Waals surface area contributed by atoms with E-state index in [0.717, 1.165) is 9.79 Å². The van der Waals surface area contributed by atoms with Gasteiger partial charge in [-0.1, -0.05) is 39.7 Å². The molecule has 0 saturated heterocycles. The molecular weight excluding hydrogens is 376 g/mol. The van der Waals surface area contributed by atoms with E-state index in [1.165, 1.54) is 11.8 Å². The maximum Gasteiger partial charge on any atom is 0.186 e. The Morgan fingerprint density at radius 3 is 2.15 bits per heavy atom. The van der Waals surface area contributed by atoms with Crippen molar-refractivity contribution in [2.24, 2.45) is 0 Å². The van der Waals surface area contributed by atoms with E-state index in [4.69, 9.17) is 11.6 Å². The van der Waals surface area contributed by atoms with Crippen LogP contribution in [0.1, 0.15) is 10.4 Å². The van der Waals surface area contributed by atoms with Gasteiger partial charge >= 0.3 is 0 Å². The fourth-order valence-electron chi connectivity index (χ4n) is 1.57. The van der Waals surface area contributed by atoms with E-state index >= 15 is 0 Å². The highest BCUT2D eigenvalue weighted by Crippen LogP contribution is 2.31. The SMILES string of the molecule is CSc1ccc(C(=O)C(Br)Sc2ccc(Cl)cc2)cc1. The van der Waals surface area contributed by atoms with Crippen molar-refractivity contribution in [3.8, 4) is 0 Å². The molecule has 0 radical (unpaired) electrons. The lowest BCUT2D eigenvalue weighted by Gasteiger charge is -2.09. The normalized spacial score (nSPS) is 12.2. The summed E-state index contributed by atoms with van der Waals surface area (Å²) in [4.78, 5) is 14.5. The molecule has 1 unspecified atom stereocenters. The maximum absolute atomic E-state index is 12.3. The highest BCUT2D eigenvalue weighted by atomic mass is 79.9. The largest absolute Gasteiger partial charge is 0.292 e. The van der Waals surface area contributed by atoms with Crippen molar-refractivity contribution in [3.63, 3.8) is 0 Å². The first-order valence-electron chi connectivity index (χ1n) is 5.84. The minimum atomic E-state index is -0.302.